The summed E-state index contributed by atoms with van der Waals surface area (Å²) in [6, 6.07) is 11.2. The number of carbonyl (C=O) groups excluding carboxylic acids is 1. The monoisotopic (exact) mass is 333 g/mol. The van der Waals surface area contributed by atoms with Crippen LogP contribution in [0.5, 0.6) is 0 Å². The first-order chi connectivity index (χ1) is 12.0. The second-order valence-corrected chi connectivity index (χ2v) is 5.86. The molecule has 0 spiro atoms. The summed E-state index contributed by atoms with van der Waals surface area (Å²) in [6.45, 7) is 1.97. The van der Waals surface area contributed by atoms with Crippen molar-refractivity contribution in [1.82, 2.24) is 19.9 Å². The maximum Gasteiger partial charge on any atom is 0.253 e. The molecule has 2 heterocycles. The van der Waals surface area contributed by atoms with E-state index in [1.54, 1.807) is 37.6 Å². The van der Waals surface area contributed by atoms with Gasteiger partial charge >= 0.3 is 0 Å². The number of hydrogen-bond acceptors (Lipinski definition) is 5. The molecule has 0 unspecified atom stereocenters. The Morgan fingerprint density at radius 1 is 1.12 bits per heavy atom. The third-order valence-electron chi connectivity index (χ3n) is 3.75. The van der Waals surface area contributed by atoms with Gasteiger partial charge in [0.1, 0.15) is 0 Å². The summed E-state index contributed by atoms with van der Waals surface area (Å²) < 4.78 is 0. The first-order valence-electron chi connectivity index (χ1n) is 7.87. The van der Waals surface area contributed by atoms with Crippen LogP contribution in [0.4, 0.5) is 11.6 Å². The van der Waals surface area contributed by atoms with E-state index in [1.807, 2.05) is 43.3 Å². The zero-order valence-electron chi connectivity index (χ0n) is 14.4. The molecule has 1 N–H and O–H groups in total. The molecule has 0 fully saturated rings. The Labute approximate surface area is 146 Å². The summed E-state index contributed by atoms with van der Waals surface area (Å²) in [7, 11) is 3.46. The highest BCUT2D eigenvalue weighted by molar-refractivity contribution is 5.95. The molecule has 6 nitrogen and oxygen atoms in total. The van der Waals surface area contributed by atoms with Crippen LogP contribution in [0.25, 0.3) is 11.3 Å². The molecule has 0 saturated carbocycles. The minimum Gasteiger partial charge on any atom is -0.345 e. The molecule has 25 heavy (non-hydrogen) atoms. The minimum absolute atomic E-state index is 0.0481. The SMILES string of the molecule is Cc1ccc(C(=O)N(C)C)cc1Nc1nccc(-c2cccnc2)n1. The van der Waals surface area contributed by atoms with Gasteiger partial charge in [-0.3, -0.25) is 9.78 Å². The lowest BCUT2D eigenvalue weighted by atomic mass is 10.1. The predicted octanol–water partition coefficient (Wildman–Crippen LogP) is 3.29. The fourth-order valence-electron chi connectivity index (χ4n) is 2.36. The molecule has 1 aromatic carbocycles. The summed E-state index contributed by atoms with van der Waals surface area (Å²) in [6.07, 6.45) is 5.18. The topological polar surface area (TPSA) is 71.0 Å². The average Bonchev–Trinajstić information content (AvgIpc) is 2.64. The van der Waals surface area contributed by atoms with Gasteiger partial charge in [0.25, 0.3) is 5.91 Å². The van der Waals surface area contributed by atoms with Crippen LogP contribution < -0.4 is 5.32 Å². The van der Waals surface area contributed by atoms with E-state index in [0.29, 0.717) is 11.5 Å². The second-order valence-electron chi connectivity index (χ2n) is 5.86. The normalized spacial score (nSPS) is 10.4. The van der Waals surface area contributed by atoms with Gasteiger partial charge in [-0.25, -0.2) is 9.97 Å². The molecule has 0 atom stereocenters. The van der Waals surface area contributed by atoms with Crippen LogP contribution in [0.1, 0.15) is 15.9 Å². The summed E-state index contributed by atoms with van der Waals surface area (Å²) in [5, 5.41) is 3.20. The van der Waals surface area contributed by atoms with Gasteiger partial charge in [-0.05, 0) is 42.8 Å². The highest BCUT2D eigenvalue weighted by atomic mass is 16.2. The van der Waals surface area contributed by atoms with E-state index < -0.39 is 0 Å². The number of amides is 1. The maximum absolute atomic E-state index is 12.2. The molecule has 126 valence electrons. The van der Waals surface area contributed by atoms with Gasteiger partial charge in [0.05, 0.1) is 5.69 Å². The number of aryl methyl sites for hydroxylation is 1. The van der Waals surface area contributed by atoms with Crippen LogP contribution in [-0.4, -0.2) is 39.9 Å². The predicted molar refractivity (Wildman–Crippen MR) is 97.7 cm³/mol. The quantitative estimate of drug-likeness (QED) is 0.793. The van der Waals surface area contributed by atoms with E-state index in [2.05, 4.69) is 20.3 Å². The third-order valence-corrected chi connectivity index (χ3v) is 3.75. The number of pyridine rings is 1. The maximum atomic E-state index is 12.2. The average molecular weight is 333 g/mol. The van der Waals surface area contributed by atoms with Gasteiger partial charge in [0.2, 0.25) is 5.95 Å². The van der Waals surface area contributed by atoms with Crippen molar-refractivity contribution in [2.24, 2.45) is 0 Å². The Morgan fingerprint density at radius 2 is 1.96 bits per heavy atom. The van der Waals surface area contributed by atoms with Crippen LogP contribution in [0, 0.1) is 6.92 Å². The lowest BCUT2D eigenvalue weighted by Crippen LogP contribution is -2.21. The molecular weight excluding hydrogens is 314 g/mol. The van der Waals surface area contributed by atoms with E-state index in [9.17, 15) is 4.79 Å². The zero-order chi connectivity index (χ0) is 17.8. The molecule has 0 aliphatic heterocycles. The van der Waals surface area contributed by atoms with Gasteiger partial charge in [0, 0.05) is 49.5 Å². The standard InChI is InChI=1S/C19H19N5O/c1-13-6-7-14(18(25)24(2)3)11-17(13)23-19-21-10-8-16(22-19)15-5-4-9-20-12-15/h4-12H,1-3H3,(H,21,22,23). The van der Waals surface area contributed by atoms with Gasteiger partial charge in [-0.2, -0.15) is 0 Å². The van der Waals surface area contributed by atoms with Crippen LogP contribution in [0.15, 0.2) is 55.0 Å². The highest BCUT2D eigenvalue weighted by Crippen LogP contribution is 2.22. The van der Waals surface area contributed by atoms with Crippen molar-refractivity contribution in [3.05, 3.63) is 66.1 Å². The summed E-state index contributed by atoms with van der Waals surface area (Å²) in [4.78, 5) is 26.6. The van der Waals surface area contributed by atoms with Gasteiger partial charge in [-0.15, -0.1) is 0 Å². The number of anilines is 2. The fraction of sp³-hybridized carbons (Fsp3) is 0.158. The Morgan fingerprint density at radius 3 is 2.68 bits per heavy atom. The van der Waals surface area contributed by atoms with E-state index in [-0.39, 0.29) is 5.91 Å². The molecule has 0 aliphatic carbocycles. The fourth-order valence-corrected chi connectivity index (χ4v) is 2.36. The summed E-state index contributed by atoms with van der Waals surface area (Å²) in [5.41, 5.74) is 4.12. The van der Waals surface area contributed by atoms with Crippen molar-refractivity contribution in [2.45, 2.75) is 6.92 Å². The van der Waals surface area contributed by atoms with Crippen LogP contribution in [0.3, 0.4) is 0 Å². The first-order valence-corrected chi connectivity index (χ1v) is 7.87. The molecule has 3 rings (SSSR count). The third kappa shape index (κ3) is 3.80. The van der Waals surface area contributed by atoms with Gasteiger partial charge in [0.15, 0.2) is 0 Å². The molecule has 1 amide bonds. The van der Waals surface area contributed by atoms with Crippen molar-refractivity contribution >= 4 is 17.5 Å². The van der Waals surface area contributed by atoms with Crippen molar-refractivity contribution in [2.75, 3.05) is 19.4 Å². The second kappa shape index (κ2) is 7.09. The lowest BCUT2D eigenvalue weighted by molar-refractivity contribution is 0.0827. The molecule has 6 heteroatoms. The number of nitrogens with zero attached hydrogens (tertiary/aromatic N) is 4. The zero-order valence-corrected chi connectivity index (χ0v) is 14.4. The van der Waals surface area contributed by atoms with E-state index in [4.69, 9.17) is 0 Å². The van der Waals surface area contributed by atoms with Crippen LogP contribution in [0.2, 0.25) is 0 Å². The molecule has 0 radical (unpaired) electrons. The van der Waals surface area contributed by atoms with Gasteiger partial charge in [-0.1, -0.05) is 6.07 Å². The summed E-state index contributed by atoms with van der Waals surface area (Å²) in [5.74, 6) is 0.423. The largest absolute Gasteiger partial charge is 0.345 e. The minimum atomic E-state index is -0.0481. The van der Waals surface area contributed by atoms with E-state index >= 15 is 0 Å². The van der Waals surface area contributed by atoms with Crippen LogP contribution >= 0.6 is 0 Å². The van der Waals surface area contributed by atoms with Crippen molar-refractivity contribution in [1.29, 1.82) is 0 Å². The molecular formula is C19H19N5O. The Kier molecular flexibility index (Phi) is 4.70. The number of rotatable bonds is 4. The van der Waals surface area contributed by atoms with Crippen LogP contribution in [-0.2, 0) is 0 Å². The highest BCUT2D eigenvalue weighted by Gasteiger charge is 2.11. The Balaban J connectivity index is 1.90. The van der Waals surface area contributed by atoms with Gasteiger partial charge < -0.3 is 10.2 Å². The smallest absolute Gasteiger partial charge is 0.253 e. The molecule has 2 aromatic heterocycles. The van der Waals surface area contributed by atoms with E-state index in [0.717, 1.165) is 22.5 Å². The van der Waals surface area contributed by atoms with Crippen molar-refractivity contribution < 1.29 is 4.79 Å². The van der Waals surface area contributed by atoms with Crippen molar-refractivity contribution in [3.8, 4) is 11.3 Å². The molecule has 0 bridgehead atoms. The number of hydrogen-bond donors (Lipinski definition) is 1. The number of nitrogens with one attached hydrogen (secondary N) is 1. The van der Waals surface area contributed by atoms with E-state index in [1.165, 1.54) is 0 Å². The molecule has 3 aromatic rings. The molecule has 0 saturated heterocycles. The van der Waals surface area contributed by atoms with Crippen molar-refractivity contribution in [3.63, 3.8) is 0 Å². The number of carbonyl (C=O) groups is 1. The molecule has 0 aliphatic rings. The Hall–Kier alpha value is -3.28. The number of aromatic nitrogens is 3. The summed E-state index contributed by atoms with van der Waals surface area (Å²) >= 11 is 0. The first kappa shape index (κ1) is 16.6. The lowest BCUT2D eigenvalue weighted by Gasteiger charge is -2.14. The Bertz CT molecular complexity index is 893. The number of benzene rings is 1.